The normalized spacial score (nSPS) is 10.3. The van der Waals surface area contributed by atoms with Crippen molar-refractivity contribution in [2.75, 3.05) is 5.32 Å². The number of nitrogens with one attached hydrogen (secondary N) is 1. The van der Waals surface area contributed by atoms with Gasteiger partial charge in [0.05, 0.1) is 5.56 Å². The number of carbonyl (C=O) groups excluding carboxylic acids is 1. The average molecular weight is 317 g/mol. The summed E-state index contributed by atoms with van der Waals surface area (Å²) in [6, 6.07) is 8.46. The summed E-state index contributed by atoms with van der Waals surface area (Å²) in [5.41, 5.74) is 0.728. The number of amides is 1. The molecule has 2 aromatic carbocycles. The topological polar surface area (TPSA) is 127 Å². The zero-order chi connectivity index (χ0) is 17.0. The molecule has 0 spiro atoms. The molecular formula is C16H15NO6. The predicted octanol–water partition coefficient (Wildman–Crippen LogP) is 2.07. The molecule has 0 saturated carbocycles. The van der Waals surface area contributed by atoms with Crippen LogP contribution in [0, 0.1) is 0 Å². The zero-order valence-corrected chi connectivity index (χ0v) is 12.0. The lowest BCUT2D eigenvalue weighted by molar-refractivity contribution is -0.116. The third-order valence-corrected chi connectivity index (χ3v) is 3.23. The number of aryl methyl sites for hydroxylation is 1. The fraction of sp³-hybridized carbons (Fsp3) is 0.125. The number of benzene rings is 2. The molecule has 0 aliphatic heterocycles. The Morgan fingerprint density at radius 3 is 2.43 bits per heavy atom. The van der Waals surface area contributed by atoms with Crippen LogP contribution in [0.1, 0.15) is 22.3 Å². The Kier molecular flexibility index (Phi) is 4.70. The van der Waals surface area contributed by atoms with E-state index < -0.39 is 23.2 Å². The predicted molar refractivity (Wildman–Crippen MR) is 81.8 cm³/mol. The number of hydrogen-bond donors (Lipinski definition) is 5. The summed E-state index contributed by atoms with van der Waals surface area (Å²) >= 11 is 0. The van der Waals surface area contributed by atoms with Crippen molar-refractivity contribution in [1.29, 1.82) is 0 Å². The highest BCUT2D eigenvalue weighted by molar-refractivity contribution is 5.94. The van der Waals surface area contributed by atoms with Gasteiger partial charge in [0.1, 0.15) is 0 Å². The van der Waals surface area contributed by atoms with Crippen molar-refractivity contribution < 1.29 is 30.0 Å². The van der Waals surface area contributed by atoms with Crippen molar-refractivity contribution in [3.8, 4) is 17.2 Å². The zero-order valence-electron chi connectivity index (χ0n) is 12.0. The Balaban J connectivity index is 1.99. The van der Waals surface area contributed by atoms with E-state index in [1.54, 1.807) is 6.07 Å². The Morgan fingerprint density at radius 1 is 1.00 bits per heavy atom. The molecular weight excluding hydrogens is 302 g/mol. The molecule has 0 aromatic heterocycles. The van der Waals surface area contributed by atoms with Gasteiger partial charge < -0.3 is 25.7 Å². The van der Waals surface area contributed by atoms with Crippen molar-refractivity contribution >= 4 is 17.6 Å². The van der Waals surface area contributed by atoms with Crippen molar-refractivity contribution in [1.82, 2.24) is 0 Å². The molecule has 0 atom stereocenters. The van der Waals surface area contributed by atoms with Crippen LogP contribution in [-0.4, -0.2) is 32.3 Å². The number of aromatic carboxylic acids is 1. The van der Waals surface area contributed by atoms with E-state index in [0.717, 1.165) is 0 Å². The Labute approximate surface area is 131 Å². The van der Waals surface area contributed by atoms with Gasteiger partial charge in [-0.2, -0.15) is 0 Å². The molecule has 1 amide bonds. The Hall–Kier alpha value is -3.22. The van der Waals surface area contributed by atoms with Crippen LogP contribution >= 0.6 is 0 Å². The number of carboxylic acids is 1. The maximum Gasteiger partial charge on any atom is 0.335 e. The largest absolute Gasteiger partial charge is 0.504 e. The summed E-state index contributed by atoms with van der Waals surface area (Å²) in [5.74, 6) is -3.01. The lowest BCUT2D eigenvalue weighted by atomic mass is 10.1. The van der Waals surface area contributed by atoms with Crippen LogP contribution in [0.15, 0.2) is 36.4 Å². The molecule has 5 N–H and O–H groups in total. The Bertz CT molecular complexity index is 756. The lowest BCUT2D eigenvalue weighted by Gasteiger charge is -2.08. The minimum absolute atomic E-state index is 0.00900. The van der Waals surface area contributed by atoms with Gasteiger partial charge in [-0.3, -0.25) is 4.79 Å². The van der Waals surface area contributed by atoms with Gasteiger partial charge in [0, 0.05) is 12.1 Å². The van der Waals surface area contributed by atoms with Crippen LogP contribution in [0.4, 0.5) is 5.69 Å². The fourth-order valence-electron chi connectivity index (χ4n) is 2.01. The minimum atomic E-state index is -1.09. The molecule has 0 unspecified atom stereocenters. The first-order valence-corrected chi connectivity index (χ1v) is 6.74. The molecule has 2 rings (SSSR count). The van der Waals surface area contributed by atoms with Crippen molar-refractivity contribution in [3.63, 3.8) is 0 Å². The highest BCUT2D eigenvalue weighted by atomic mass is 16.4. The maximum absolute atomic E-state index is 11.9. The third-order valence-electron chi connectivity index (χ3n) is 3.23. The smallest absolute Gasteiger partial charge is 0.335 e. The fourth-order valence-corrected chi connectivity index (χ4v) is 2.01. The van der Waals surface area contributed by atoms with E-state index >= 15 is 0 Å². The van der Waals surface area contributed by atoms with Crippen LogP contribution in [0.3, 0.4) is 0 Å². The van der Waals surface area contributed by atoms with Gasteiger partial charge in [0.25, 0.3) is 0 Å². The summed E-state index contributed by atoms with van der Waals surface area (Å²) in [4.78, 5) is 22.7. The number of phenols is 3. The van der Waals surface area contributed by atoms with Crippen molar-refractivity contribution in [2.45, 2.75) is 12.8 Å². The molecule has 7 nitrogen and oxygen atoms in total. The van der Waals surface area contributed by atoms with Crippen molar-refractivity contribution in [3.05, 3.63) is 47.5 Å². The van der Waals surface area contributed by atoms with E-state index in [4.69, 9.17) is 5.11 Å². The molecule has 0 heterocycles. The average Bonchev–Trinajstić information content (AvgIpc) is 2.52. The summed E-state index contributed by atoms with van der Waals surface area (Å²) < 4.78 is 0. The molecule has 0 saturated heterocycles. The van der Waals surface area contributed by atoms with E-state index in [2.05, 4.69) is 5.32 Å². The van der Waals surface area contributed by atoms with Gasteiger partial charge in [0.2, 0.25) is 11.7 Å². The number of rotatable bonds is 5. The Morgan fingerprint density at radius 2 is 1.74 bits per heavy atom. The van der Waals surface area contributed by atoms with Crippen LogP contribution in [-0.2, 0) is 11.2 Å². The lowest BCUT2D eigenvalue weighted by Crippen LogP contribution is -2.12. The summed E-state index contributed by atoms with van der Waals surface area (Å²) in [6.07, 6.45) is 0.152. The van der Waals surface area contributed by atoms with Gasteiger partial charge in [-0.1, -0.05) is 12.1 Å². The van der Waals surface area contributed by atoms with Gasteiger partial charge in [0.15, 0.2) is 11.5 Å². The number of phenolic OH excluding ortho intramolecular Hbond substituents is 3. The molecule has 0 aliphatic rings. The second kappa shape index (κ2) is 6.69. The molecule has 7 heteroatoms. The molecule has 120 valence electrons. The standard InChI is InChI=1S/C16H15NO6/c18-12-6-4-9(14(20)15(12)21)5-7-13(19)17-11-3-1-2-10(8-11)16(22)23/h1-4,6,8,18,20-21H,5,7H2,(H,17,19)(H,22,23). The molecule has 0 fully saturated rings. The summed E-state index contributed by atoms with van der Waals surface area (Å²) in [6.45, 7) is 0. The molecule has 0 radical (unpaired) electrons. The second-order valence-electron chi connectivity index (χ2n) is 4.88. The van der Waals surface area contributed by atoms with Crippen LogP contribution in [0.25, 0.3) is 0 Å². The molecule has 2 aromatic rings. The second-order valence-corrected chi connectivity index (χ2v) is 4.88. The van der Waals surface area contributed by atoms with Crippen molar-refractivity contribution in [2.24, 2.45) is 0 Å². The van der Waals surface area contributed by atoms with E-state index in [0.29, 0.717) is 11.3 Å². The van der Waals surface area contributed by atoms with Crippen LogP contribution in [0.5, 0.6) is 17.2 Å². The van der Waals surface area contributed by atoms with E-state index in [-0.39, 0.29) is 24.3 Å². The minimum Gasteiger partial charge on any atom is -0.504 e. The van der Waals surface area contributed by atoms with E-state index in [9.17, 15) is 24.9 Å². The number of carboxylic acid groups (broad SMARTS) is 1. The van der Waals surface area contributed by atoms with E-state index in [1.165, 1.54) is 30.3 Å². The highest BCUT2D eigenvalue weighted by Gasteiger charge is 2.13. The third kappa shape index (κ3) is 3.91. The number of hydrogen-bond acceptors (Lipinski definition) is 5. The number of carbonyl (C=O) groups is 2. The quantitative estimate of drug-likeness (QED) is 0.537. The van der Waals surface area contributed by atoms with Crippen LogP contribution in [0.2, 0.25) is 0 Å². The first-order valence-electron chi connectivity index (χ1n) is 6.74. The van der Waals surface area contributed by atoms with E-state index in [1.807, 2.05) is 0 Å². The monoisotopic (exact) mass is 317 g/mol. The SMILES string of the molecule is O=C(CCc1ccc(O)c(O)c1O)Nc1cccc(C(=O)O)c1. The van der Waals surface area contributed by atoms with Gasteiger partial charge in [-0.15, -0.1) is 0 Å². The summed E-state index contributed by atoms with van der Waals surface area (Å²) in [7, 11) is 0. The maximum atomic E-state index is 11.9. The molecule has 0 aliphatic carbocycles. The number of anilines is 1. The first kappa shape index (κ1) is 16.2. The highest BCUT2D eigenvalue weighted by Crippen LogP contribution is 2.37. The van der Waals surface area contributed by atoms with Gasteiger partial charge in [-0.05, 0) is 36.2 Å². The van der Waals surface area contributed by atoms with Gasteiger partial charge >= 0.3 is 5.97 Å². The summed E-state index contributed by atoms with van der Waals surface area (Å²) in [5, 5.41) is 39.8. The number of aromatic hydroxyl groups is 3. The molecule has 0 bridgehead atoms. The molecule has 23 heavy (non-hydrogen) atoms. The first-order chi connectivity index (χ1) is 10.9. The van der Waals surface area contributed by atoms with Gasteiger partial charge in [-0.25, -0.2) is 4.79 Å². The van der Waals surface area contributed by atoms with Crippen LogP contribution < -0.4 is 5.32 Å².